The fourth-order valence-corrected chi connectivity index (χ4v) is 3.80. The van der Waals surface area contributed by atoms with E-state index >= 15 is 0 Å². The Kier molecular flexibility index (Phi) is 5.22. The highest BCUT2D eigenvalue weighted by atomic mass is 19.4. The normalized spacial score (nSPS) is 16.0. The van der Waals surface area contributed by atoms with Crippen LogP contribution in [0.4, 0.5) is 13.2 Å². The molecule has 1 heterocycles. The highest BCUT2D eigenvalue weighted by Crippen LogP contribution is 2.32. The van der Waals surface area contributed by atoms with Crippen molar-refractivity contribution in [2.75, 3.05) is 0 Å². The third kappa shape index (κ3) is 4.09. The van der Waals surface area contributed by atoms with Crippen LogP contribution >= 0.6 is 0 Å². The molecule has 0 atom stereocenters. The number of hydrogen-bond acceptors (Lipinski definition) is 3. The summed E-state index contributed by atoms with van der Waals surface area (Å²) >= 11 is 0. The van der Waals surface area contributed by atoms with Crippen molar-refractivity contribution in [2.24, 2.45) is 5.10 Å². The summed E-state index contributed by atoms with van der Waals surface area (Å²) in [7, 11) is 0. The van der Waals surface area contributed by atoms with Crippen molar-refractivity contribution < 1.29 is 13.2 Å². The van der Waals surface area contributed by atoms with Crippen LogP contribution in [0.5, 0.6) is 0 Å². The zero-order chi connectivity index (χ0) is 20.4. The Morgan fingerprint density at radius 3 is 2.55 bits per heavy atom. The van der Waals surface area contributed by atoms with Crippen molar-refractivity contribution >= 4 is 17.1 Å². The summed E-state index contributed by atoms with van der Waals surface area (Å²) in [6.45, 7) is 0. The Bertz CT molecular complexity index is 1110. The molecule has 7 heteroatoms. The van der Waals surface area contributed by atoms with Crippen molar-refractivity contribution in [3.63, 3.8) is 0 Å². The van der Waals surface area contributed by atoms with Crippen LogP contribution in [0.2, 0.25) is 0 Å². The maximum absolute atomic E-state index is 13.1. The molecule has 0 unspecified atom stereocenters. The van der Waals surface area contributed by atoms with Gasteiger partial charge in [0.05, 0.1) is 22.7 Å². The lowest BCUT2D eigenvalue weighted by Gasteiger charge is -2.22. The predicted octanol–water partition coefficient (Wildman–Crippen LogP) is 5.35. The van der Waals surface area contributed by atoms with Crippen molar-refractivity contribution in [3.8, 4) is 0 Å². The van der Waals surface area contributed by atoms with Crippen molar-refractivity contribution in [3.05, 3.63) is 75.8 Å². The van der Waals surface area contributed by atoms with E-state index < -0.39 is 11.7 Å². The molecule has 1 aromatic heterocycles. The van der Waals surface area contributed by atoms with Gasteiger partial charge in [0.25, 0.3) is 5.56 Å². The fraction of sp³-hybridized carbons (Fsp3) is 0.318. The quantitative estimate of drug-likeness (QED) is 0.558. The molecule has 0 bridgehead atoms. The van der Waals surface area contributed by atoms with Crippen LogP contribution in [0, 0.1) is 0 Å². The van der Waals surface area contributed by atoms with E-state index in [1.807, 2.05) is 6.07 Å². The van der Waals surface area contributed by atoms with E-state index in [-0.39, 0.29) is 17.0 Å². The number of fused-ring (bicyclic) bond motifs is 1. The maximum Gasteiger partial charge on any atom is 0.416 e. The minimum atomic E-state index is -4.43. The number of nitrogens with zero attached hydrogens (tertiary/aromatic N) is 3. The first-order chi connectivity index (χ1) is 13.9. The van der Waals surface area contributed by atoms with Crippen LogP contribution in [0.25, 0.3) is 10.9 Å². The molecule has 29 heavy (non-hydrogen) atoms. The monoisotopic (exact) mass is 399 g/mol. The summed E-state index contributed by atoms with van der Waals surface area (Å²) in [5.41, 5.74) is -0.171. The molecular formula is C22H20F3N3O. The minimum absolute atomic E-state index is 0.111. The largest absolute Gasteiger partial charge is 0.416 e. The van der Waals surface area contributed by atoms with Crippen molar-refractivity contribution in [1.82, 2.24) is 9.66 Å². The number of aromatic nitrogens is 2. The standard InChI is InChI=1S/C22H20F3N3O/c23-22(24,25)17-10-6-7-15(13-17)14-26-28-20(16-8-2-1-3-9-16)27-19-12-5-4-11-18(19)21(28)29/h4-7,10-14,16H,1-3,8-9H2. The van der Waals surface area contributed by atoms with Crippen LogP contribution in [0.15, 0.2) is 58.4 Å². The van der Waals surface area contributed by atoms with Crippen LogP contribution in [-0.2, 0) is 6.18 Å². The first kappa shape index (κ1) is 19.4. The summed E-state index contributed by atoms with van der Waals surface area (Å²) in [6.07, 6.45) is 1.98. The molecule has 1 fully saturated rings. The zero-order valence-electron chi connectivity index (χ0n) is 15.7. The summed E-state index contributed by atoms with van der Waals surface area (Å²) in [5, 5.41) is 4.71. The third-order valence-electron chi connectivity index (χ3n) is 5.29. The van der Waals surface area contributed by atoms with Gasteiger partial charge in [0.1, 0.15) is 5.82 Å². The van der Waals surface area contributed by atoms with Gasteiger partial charge in [-0.15, -0.1) is 0 Å². The van der Waals surface area contributed by atoms with Crippen LogP contribution < -0.4 is 5.56 Å². The SMILES string of the molecule is O=c1c2ccccc2nc(C2CCCCC2)n1N=Cc1cccc(C(F)(F)F)c1. The van der Waals surface area contributed by atoms with Gasteiger partial charge in [-0.25, -0.2) is 4.98 Å². The Hall–Kier alpha value is -2.96. The van der Waals surface area contributed by atoms with E-state index in [1.165, 1.54) is 23.0 Å². The molecule has 2 aromatic carbocycles. The Morgan fingerprint density at radius 1 is 1.03 bits per heavy atom. The lowest BCUT2D eigenvalue weighted by molar-refractivity contribution is -0.137. The van der Waals surface area contributed by atoms with Gasteiger partial charge in [0, 0.05) is 5.92 Å². The second-order valence-electron chi connectivity index (χ2n) is 7.31. The number of hydrogen-bond donors (Lipinski definition) is 0. The van der Waals surface area contributed by atoms with Gasteiger partial charge in [-0.1, -0.05) is 43.5 Å². The average molecular weight is 399 g/mol. The van der Waals surface area contributed by atoms with E-state index in [1.54, 1.807) is 18.2 Å². The number of halogens is 3. The van der Waals surface area contributed by atoms with E-state index in [4.69, 9.17) is 4.98 Å². The molecule has 150 valence electrons. The molecule has 4 rings (SSSR count). The topological polar surface area (TPSA) is 47.2 Å². The second kappa shape index (κ2) is 7.81. The maximum atomic E-state index is 13.1. The minimum Gasteiger partial charge on any atom is -0.267 e. The summed E-state index contributed by atoms with van der Waals surface area (Å²) < 4.78 is 40.2. The first-order valence-electron chi connectivity index (χ1n) is 9.67. The summed E-state index contributed by atoms with van der Waals surface area (Å²) in [6, 6.07) is 11.9. The molecule has 1 saturated carbocycles. The molecule has 0 spiro atoms. The highest BCUT2D eigenvalue weighted by Gasteiger charge is 2.30. The van der Waals surface area contributed by atoms with E-state index in [0.29, 0.717) is 16.7 Å². The van der Waals surface area contributed by atoms with Crippen molar-refractivity contribution in [1.29, 1.82) is 0 Å². The summed E-state index contributed by atoms with van der Waals surface area (Å²) in [5.74, 6) is 0.691. The molecule has 0 radical (unpaired) electrons. The molecule has 0 amide bonds. The van der Waals surface area contributed by atoms with Gasteiger partial charge in [-0.3, -0.25) is 4.79 Å². The summed E-state index contributed by atoms with van der Waals surface area (Å²) in [4.78, 5) is 17.8. The molecule has 1 aliphatic rings. The predicted molar refractivity (Wildman–Crippen MR) is 106 cm³/mol. The Balaban J connectivity index is 1.81. The van der Waals surface area contributed by atoms with Gasteiger partial charge in [0.15, 0.2) is 0 Å². The van der Waals surface area contributed by atoms with Gasteiger partial charge in [-0.05, 0) is 42.7 Å². The van der Waals surface area contributed by atoms with E-state index in [9.17, 15) is 18.0 Å². The number of alkyl halides is 3. The molecule has 0 N–H and O–H groups in total. The van der Waals surface area contributed by atoms with Crippen molar-refractivity contribution in [2.45, 2.75) is 44.2 Å². The smallest absolute Gasteiger partial charge is 0.267 e. The van der Waals surface area contributed by atoms with Crippen LogP contribution in [-0.4, -0.2) is 15.9 Å². The zero-order valence-corrected chi connectivity index (χ0v) is 15.7. The highest BCUT2D eigenvalue weighted by molar-refractivity contribution is 5.80. The third-order valence-corrected chi connectivity index (χ3v) is 5.29. The Morgan fingerprint density at radius 2 is 1.79 bits per heavy atom. The molecule has 0 aliphatic heterocycles. The number of para-hydroxylation sites is 1. The number of rotatable bonds is 3. The molecule has 0 saturated heterocycles. The molecular weight excluding hydrogens is 379 g/mol. The lowest BCUT2D eigenvalue weighted by Crippen LogP contribution is -2.25. The average Bonchev–Trinajstić information content (AvgIpc) is 2.73. The number of benzene rings is 2. The first-order valence-corrected chi connectivity index (χ1v) is 9.67. The van der Waals surface area contributed by atoms with Crippen LogP contribution in [0.1, 0.15) is 55.0 Å². The van der Waals surface area contributed by atoms with E-state index in [2.05, 4.69) is 5.10 Å². The van der Waals surface area contributed by atoms with Crippen LogP contribution in [0.3, 0.4) is 0 Å². The van der Waals surface area contributed by atoms with Gasteiger partial charge >= 0.3 is 6.18 Å². The lowest BCUT2D eigenvalue weighted by atomic mass is 9.88. The Labute approximate surface area is 165 Å². The second-order valence-corrected chi connectivity index (χ2v) is 7.31. The van der Waals surface area contributed by atoms with Gasteiger partial charge in [0.2, 0.25) is 0 Å². The van der Waals surface area contributed by atoms with Gasteiger partial charge < -0.3 is 0 Å². The van der Waals surface area contributed by atoms with E-state index in [0.717, 1.165) is 44.2 Å². The molecule has 3 aromatic rings. The molecule has 1 aliphatic carbocycles. The fourth-order valence-electron chi connectivity index (χ4n) is 3.80. The molecule has 4 nitrogen and oxygen atoms in total. The van der Waals surface area contributed by atoms with Gasteiger partial charge in [-0.2, -0.15) is 22.9 Å².